The fraction of sp³-hybridized carbons (Fsp3) is 0.286. The SMILES string of the molecule is COC(=O)NCC(=O)N1CCC[C@H]1c1ncc(-c2ccn(-c3cn4cc(NC=O)nc4s3)c2)[nH]1. The van der Waals surface area contributed by atoms with Gasteiger partial charge in [-0.15, -0.1) is 0 Å². The number of methoxy groups -OCH3 is 1. The molecule has 4 aromatic heterocycles. The molecular weight excluding hydrogens is 460 g/mol. The van der Waals surface area contributed by atoms with Crippen molar-refractivity contribution >= 4 is 40.5 Å². The quantitative estimate of drug-likeness (QED) is 0.345. The topological polar surface area (TPSA) is 139 Å². The van der Waals surface area contributed by atoms with Gasteiger partial charge in [-0.25, -0.2) is 14.8 Å². The van der Waals surface area contributed by atoms with Gasteiger partial charge < -0.3 is 29.8 Å². The third-order valence-electron chi connectivity index (χ3n) is 5.66. The number of anilines is 1. The molecule has 0 bridgehead atoms. The van der Waals surface area contributed by atoms with E-state index in [1.165, 1.54) is 18.4 Å². The number of likely N-dealkylation sites (tertiary alicyclic amines) is 1. The van der Waals surface area contributed by atoms with Gasteiger partial charge in [0.2, 0.25) is 12.3 Å². The molecule has 0 spiro atoms. The Morgan fingerprint density at radius 3 is 3.03 bits per heavy atom. The van der Waals surface area contributed by atoms with E-state index < -0.39 is 6.09 Å². The molecule has 1 atom stereocenters. The fourth-order valence-corrected chi connectivity index (χ4v) is 4.98. The normalized spacial score (nSPS) is 15.6. The number of nitrogens with zero attached hydrogens (tertiary/aromatic N) is 5. The molecule has 1 aliphatic heterocycles. The summed E-state index contributed by atoms with van der Waals surface area (Å²) in [6, 6.07) is 1.82. The number of thiazole rings is 1. The van der Waals surface area contributed by atoms with Crippen molar-refractivity contribution in [2.45, 2.75) is 18.9 Å². The molecule has 0 aliphatic carbocycles. The van der Waals surface area contributed by atoms with Gasteiger partial charge in [-0.1, -0.05) is 11.3 Å². The van der Waals surface area contributed by atoms with Gasteiger partial charge in [-0.2, -0.15) is 0 Å². The fourth-order valence-electron chi connectivity index (χ4n) is 4.05. The summed E-state index contributed by atoms with van der Waals surface area (Å²) >= 11 is 1.49. The number of ether oxygens (including phenoxy) is 1. The predicted octanol–water partition coefficient (Wildman–Crippen LogP) is 2.16. The standard InChI is InChI=1S/C21H22N8O4S/c1-33-21(32)23-8-17(31)29-5-2-3-15(29)19-22-7-14(25-19)13-4-6-27(9-13)18-11-28-10-16(24-12-30)26-20(28)34-18/h4,6-7,9-12,15H,2-3,5,8H2,1H3,(H,22,25)(H,23,32)(H,24,30)/t15-/m0/s1. The Hall–Kier alpha value is -4.13. The van der Waals surface area contributed by atoms with Crippen LogP contribution >= 0.6 is 11.3 Å². The second-order valence-electron chi connectivity index (χ2n) is 7.73. The maximum Gasteiger partial charge on any atom is 0.407 e. The monoisotopic (exact) mass is 482 g/mol. The Balaban J connectivity index is 1.30. The summed E-state index contributed by atoms with van der Waals surface area (Å²) in [6.07, 6.45) is 11.0. The van der Waals surface area contributed by atoms with Crippen LogP contribution in [-0.2, 0) is 14.3 Å². The van der Waals surface area contributed by atoms with Gasteiger partial charge in [0, 0.05) is 30.7 Å². The van der Waals surface area contributed by atoms with Gasteiger partial charge >= 0.3 is 6.09 Å². The molecule has 3 N–H and O–H groups in total. The van der Waals surface area contributed by atoms with E-state index in [0.717, 1.165) is 39.9 Å². The number of carbonyl (C=O) groups excluding carboxylic acids is 3. The largest absolute Gasteiger partial charge is 0.453 e. The Kier molecular flexibility index (Phi) is 5.76. The zero-order valence-electron chi connectivity index (χ0n) is 18.2. The number of H-pyrrole nitrogens is 1. The second kappa shape index (κ2) is 9.02. The van der Waals surface area contributed by atoms with E-state index in [1.807, 2.05) is 33.6 Å². The number of aromatic amines is 1. The lowest BCUT2D eigenvalue weighted by Crippen LogP contribution is -2.40. The van der Waals surface area contributed by atoms with E-state index in [2.05, 4.69) is 30.3 Å². The highest BCUT2D eigenvalue weighted by Gasteiger charge is 2.32. The molecule has 34 heavy (non-hydrogen) atoms. The molecule has 0 unspecified atom stereocenters. The maximum absolute atomic E-state index is 12.6. The minimum atomic E-state index is -0.633. The first-order valence-corrected chi connectivity index (χ1v) is 11.4. The Bertz CT molecular complexity index is 1320. The second-order valence-corrected chi connectivity index (χ2v) is 8.71. The van der Waals surface area contributed by atoms with Crippen LogP contribution in [0.3, 0.4) is 0 Å². The van der Waals surface area contributed by atoms with Gasteiger partial charge in [-0.3, -0.25) is 14.0 Å². The summed E-state index contributed by atoms with van der Waals surface area (Å²) in [6.45, 7) is 0.500. The smallest absolute Gasteiger partial charge is 0.407 e. The molecular formula is C21H22N8O4S. The summed E-state index contributed by atoms with van der Waals surface area (Å²) in [5.41, 5.74) is 1.80. The highest BCUT2D eigenvalue weighted by Crippen LogP contribution is 2.32. The van der Waals surface area contributed by atoms with Crippen LogP contribution in [0.25, 0.3) is 21.2 Å². The van der Waals surface area contributed by atoms with Crippen molar-refractivity contribution in [3.05, 3.63) is 42.9 Å². The minimum Gasteiger partial charge on any atom is -0.453 e. The van der Waals surface area contributed by atoms with E-state index in [1.54, 1.807) is 17.3 Å². The molecule has 176 valence electrons. The first-order chi connectivity index (χ1) is 16.6. The average Bonchev–Trinajstić information content (AvgIpc) is 3.62. The van der Waals surface area contributed by atoms with Gasteiger partial charge in [0.05, 0.1) is 31.2 Å². The first kappa shape index (κ1) is 21.7. The summed E-state index contributed by atoms with van der Waals surface area (Å²) in [7, 11) is 1.26. The van der Waals surface area contributed by atoms with Gasteiger partial charge in [0.25, 0.3) is 0 Å². The predicted molar refractivity (Wildman–Crippen MR) is 124 cm³/mol. The van der Waals surface area contributed by atoms with Crippen molar-refractivity contribution in [2.75, 3.05) is 25.5 Å². The number of aromatic nitrogens is 5. The molecule has 0 radical (unpaired) electrons. The lowest BCUT2D eigenvalue weighted by molar-refractivity contribution is -0.131. The third-order valence-corrected chi connectivity index (χ3v) is 6.67. The highest BCUT2D eigenvalue weighted by molar-refractivity contribution is 7.19. The van der Waals surface area contributed by atoms with Gasteiger partial charge in [0.15, 0.2) is 10.8 Å². The van der Waals surface area contributed by atoms with Crippen LogP contribution in [0.15, 0.2) is 37.1 Å². The molecule has 13 heteroatoms. The first-order valence-electron chi connectivity index (χ1n) is 10.6. The molecule has 0 saturated carbocycles. The van der Waals surface area contributed by atoms with E-state index >= 15 is 0 Å². The molecule has 4 aromatic rings. The van der Waals surface area contributed by atoms with Crippen molar-refractivity contribution in [3.63, 3.8) is 0 Å². The van der Waals surface area contributed by atoms with Crippen LogP contribution in [-0.4, -0.2) is 67.4 Å². The van der Waals surface area contributed by atoms with Crippen LogP contribution in [0.4, 0.5) is 10.6 Å². The number of amides is 3. The molecule has 12 nitrogen and oxygen atoms in total. The number of rotatable bonds is 7. The van der Waals surface area contributed by atoms with Gasteiger partial charge in [-0.05, 0) is 18.9 Å². The summed E-state index contributed by atoms with van der Waals surface area (Å²) in [5.74, 6) is 1.05. The molecule has 5 heterocycles. The summed E-state index contributed by atoms with van der Waals surface area (Å²) in [5, 5.41) is 5.95. The number of alkyl carbamates (subject to hydrolysis) is 1. The lowest BCUT2D eigenvalue weighted by Gasteiger charge is -2.23. The Morgan fingerprint density at radius 1 is 1.35 bits per heavy atom. The third kappa shape index (κ3) is 4.12. The maximum atomic E-state index is 12.6. The molecule has 1 aliphatic rings. The van der Waals surface area contributed by atoms with Crippen LogP contribution in [0, 0.1) is 0 Å². The minimum absolute atomic E-state index is 0.115. The van der Waals surface area contributed by atoms with Crippen LogP contribution in [0.1, 0.15) is 24.7 Å². The number of hydrogen-bond acceptors (Lipinski definition) is 7. The van der Waals surface area contributed by atoms with E-state index in [4.69, 9.17) is 0 Å². The van der Waals surface area contributed by atoms with E-state index in [-0.39, 0.29) is 18.5 Å². The van der Waals surface area contributed by atoms with Crippen LogP contribution < -0.4 is 10.6 Å². The summed E-state index contributed by atoms with van der Waals surface area (Å²) < 4.78 is 8.38. The van der Waals surface area contributed by atoms with E-state index in [0.29, 0.717) is 18.8 Å². The molecule has 1 fully saturated rings. The number of nitrogens with one attached hydrogen (secondary N) is 3. The van der Waals surface area contributed by atoms with Crippen molar-refractivity contribution in [1.82, 2.24) is 34.1 Å². The van der Waals surface area contributed by atoms with Crippen molar-refractivity contribution in [1.29, 1.82) is 0 Å². The van der Waals surface area contributed by atoms with Crippen molar-refractivity contribution < 1.29 is 19.1 Å². The Morgan fingerprint density at radius 2 is 2.24 bits per heavy atom. The highest BCUT2D eigenvalue weighted by atomic mass is 32.1. The van der Waals surface area contributed by atoms with Crippen LogP contribution in [0.5, 0.6) is 0 Å². The zero-order valence-corrected chi connectivity index (χ0v) is 19.0. The number of fused-ring (bicyclic) bond motifs is 1. The number of hydrogen-bond donors (Lipinski definition) is 3. The molecule has 3 amide bonds. The Labute approximate surface area is 197 Å². The molecule has 5 rings (SSSR count). The zero-order chi connectivity index (χ0) is 23.7. The molecule has 1 saturated heterocycles. The number of carbonyl (C=O) groups is 3. The average molecular weight is 483 g/mol. The lowest BCUT2D eigenvalue weighted by atomic mass is 10.2. The van der Waals surface area contributed by atoms with E-state index in [9.17, 15) is 14.4 Å². The molecule has 0 aromatic carbocycles. The number of imidazole rings is 2. The van der Waals surface area contributed by atoms with Gasteiger partial charge in [0.1, 0.15) is 17.4 Å². The van der Waals surface area contributed by atoms with Crippen LogP contribution in [0.2, 0.25) is 0 Å². The summed E-state index contributed by atoms with van der Waals surface area (Å²) in [4.78, 5) is 49.2. The van der Waals surface area contributed by atoms with Crippen molar-refractivity contribution in [3.8, 4) is 16.3 Å². The van der Waals surface area contributed by atoms with Crippen molar-refractivity contribution in [2.24, 2.45) is 0 Å².